The van der Waals surface area contributed by atoms with Crippen LogP contribution in [-0.4, -0.2) is 59.0 Å². The Morgan fingerprint density at radius 1 is 1.00 bits per heavy atom. The van der Waals surface area contributed by atoms with E-state index in [0.29, 0.717) is 0 Å². The van der Waals surface area contributed by atoms with Crippen LogP contribution in [0.1, 0.15) is 25.7 Å². The molecule has 1 aromatic carbocycles. The molecule has 1 aromatic rings. The second-order valence-corrected chi connectivity index (χ2v) is 9.59. The molecule has 2 heterocycles. The fraction of sp³-hybridized carbons (Fsp3) is 0.667. The highest BCUT2D eigenvalue weighted by Crippen LogP contribution is 2.42. The number of piperazine rings is 1. The summed E-state index contributed by atoms with van der Waals surface area (Å²) < 4.78 is 5.57. The van der Waals surface area contributed by atoms with Crippen molar-refractivity contribution in [2.24, 2.45) is 17.8 Å². The number of piperidine rings is 1. The number of nitrogens with zero attached hydrogens (tertiary/aromatic N) is 1. The van der Waals surface area contributed by atoms with Gasteiger partial charge in [-0.3, -0.25) is 0 Å². The number of anilines is 1. The van der Waals surface area contributed by atoms with Gasteiger partial charge in [0, 0.05) is 18.8 Å². The highest BCUT2D eigenvalue weighted by Gasteiger charge is 2.39. The van der Waals surface area contributed by atoms with E-state index < -0.39 is 0 Å². The summed E-state index contributed by atoms with van der Waals surface area (Å²) in [6.07, 6.45) is 10.8. The predicted molar refractivity (Wildman–Crippen MR) is 113 cm³/mol. The van der Waals surface area contributed by atoms with Crippen molar-refractivity contribution in [3.8, 4) is 5.75 Å². The van der Waals surface area contributed by atoms with Crippen LogP contribution in [0.25, 0.3) is 0 Å². The average molecular weight is 384 g/mol. The summed E-state index contributed by atoms with van der Waals surface area (Å²) in [6.45, 7) is 9.10. The first-order chi connectivity index (χ1) is 13.8. The summed E-state index contributed by atoms with van der Waals surface area (Å²) in [5.41, 5.74) is 1.27. The Hall–Kier alpha value is -1.52. The molecule has 2 saturated heterocycles. The van der Waals surface area contributed by atoms with E-state index in [2.05, 4.69) is 41.3 Å². The van der Waals surface area contributed by atoms with Crippen molar-refractivity contribution in [1.82, 2.24) is 0 Å². The van der Waals surface area contributed by atoms with Gasteiger partial charge in [-0.2, -0.15) is 0 Å². The van der Waals surface area contributed by atoms with Gasteiger partial charge in [0.2, 0.25) is 0 Å². The smallest absolute Gasteiger partial charge is 0.142 e. The third-order valence-corrected chi connectivity index (χ3v) is 8.07. The molecule has 2 aliphatic heterocycles. The number of fused-ring (bicyclic) bond motifs is 2. The summed E-state index contributed by atoms with van der Waals surface area (Å²) in [4.78, 5) is 6.27. The van der Waals surface area contributed by atoms with E-state index in [4.69, 9.17) is 4.74 Å². The maximum atomic E-state index is 5.57. The Labute approximate surface area is 170 Å². The van der Waals surface area contributed by atoms with Gasteiger partial charge in [0.15, 0.2) is 0 Å². The van der Waals surface area contributed by atoms with Gasteiger partial charge in [-0.1, -0.05) is 24.3 Å². The molecule has 3 fully saturated rings. The number of allylic oxidation sites excluding steroid dienone is 2. The van der Waals surface area contributed by atoms with Crippen LogP contribution in [-0.2, 0) is 0 Å². The van der Waals surface area contributed by atoms with E-state index in [0.717, 1.165) is 42.6 Å². The molecule has 0 spiro atoms. The standard InChI is InChI=1S/C24H35N3O/c1-28-24-5-3-2-4-23(24)27-14-12-26(13-15-27)22-8-10-25(11-9-22)18-21-17-19-6-7-20(21)16-19/h2-7,19-22H,8-18H2,1H3/p+2/t19-,20+,21+/m1/s1. The monoisotopic (exact) mass is 383 g/mol. The molecule has 4 nitrogen and oxygen atoms in total. The van der Waals surface area contributed by atoms with Gasteiger partial charge in [-0.25, -0.2) is 0 Å². The number of para-hydroxylation sites is 2. The fourth-order valence-electron chi connectivity index (χ4n) is 6.47. The first kappa shape index (κ1) is 18.5. The molecule has 0 radical (unpaired) electrons. The van der Waals surface area contributed by atoms with Gasteiger partial charge in [-0.05, 0) is 36.8 Å². The lowest BCUT2D eigenvalue weighted by Gasteiger charge is -2.40. The van der Waals surface area contributed by atoms with Crippen LogP contribution in [0, 0.1) is 17.8 Å². The van der Waals surface area contributed by atoms with E-state index in [9.17, 15) is 0 Å². The van der Waals surface area contributed by atoms with Crippen LogP contribution >= 0.6 is 0 Å². The zero-order valence-corrected chi connectivity index (χ0v) is 17.4. The minimum atomic E-state index is 0.892. The summed E-state index contributed by atoms with van der Waals surface area (Å²) in [5.74, 6) is 3.84. The minimum absolute atomic E-state index is 0.892. The molecule has 3 atom stereocenters. The summed E-state index contributed by atoms with van der Waals surface area (Å²) in [7, 11) is 1.78. The third kappa shape index (κ3) is 3.69. The molecule has 2 aliphatic carbocycles. The number of ether oxygens (including phenoxy) is 1. The number of rotatable bonds is 5. The van der Waals surface area contributed by atoms with Gasteiger partial charge in [0.25, 0.3) is 0 Å². The molecule has 0 aromatic heterocycles. The maximum absolute atomic E-state index is 5.57. The highest BCUT2D eigenvalue weighted by molar-refractivity contribution is 5.58. The Balaban J connectivity index is 1.09. The van der Waals surface area contributed by atoms with Crippen molar-refractivity contribution in [2.45, 2.75) is 31.7 Å². The van der Waals surface area contributed by atoms with Gasteiger partial charge >= 0.3 is 0 Å². The number of quaternary nitrogens is 2. The first-order valence-electron chi connectivity index (χ1n) is 11.5. The van der Waals surface area contributed by atoms with E-state index >= 15 is 0 Å². The largest absolute Gasteiger partial charge is 0.495 e. The normalized spacial score (nSPS) is 35.5. The molecule has 2 N–H and O–H groups in total. The van der Waals surface area contributed by atoms with E-state index in [1.54, 1.807) is 7.11 Å². The maximum Gasteiger partial charge on any atom is 0.142 e. The minimum Gasteiger partial charge on any atom is -0.495 e. The summed E-state index contributed by atoms with van der Waals surface area (Å²) in [5, 5.41) is 0. The summed E-state index contributed by atoms with van der Waals surface area (Å²) >= 11 is 0. The Morgan fingerprint density at radius 3 is 2.46 bits per heavy atom. The van der Waals surface area contributed by atoms with Gasteiger partial charge in [0.05, 0.1) is 64.7 Å². The van der Waals surface area contributed by atoms with Crippen molar-refractivity contribution in [3.63, 3.8) is 0 Å². The third-order valence-electron chi connectivity index (χ3n) is 8.07. The number of hydrogen-bond donors (Lipinski definition) is 2. The van der Waals surface area contributed by atoms with Crippen molar-refractivity contribution in [3.05, 3.63) is 36.4 Å². The van der Waals surface area contributed by atoms with Crippen molar-refractivity contribution < 1.29 is 14.5 Å². The molecular weight excluding hydrogens is 346 g/mol. The number of likely N-dealkylation sites (tertiary alicyclic amines) is 1. The molecule has 0 unspecified atom stereocenters. The van der Waals surface area contributed by atoms with Gasteiger partial charge in [0.1, 0.15) is 5.75 Å². The van der Waals surface area contributed by atoms with E-state index in [-0.39, 0.29) is 0 Å². The fourth-order valence-corrected chi connectivity index (χ4v) is 6.47. The molecular formula is C24H37N3O+2. The predicted octanol–water partition coefficient (Wildman–Crippen LogP) is 0.660. The van der Waals surface area contributed by atoms with Crippen molar-refractivity contribution in [2.75, 3.05) is 57.8 Å². The van der Waals surface area contributed by atoms with Crippen LogP contribution in [0.4, 0.5) is 5.69 Å². The zero-order valence-electron chi connectivity index (χ0n) is 17.4. The molecule has 28 heavy (non-hydrogen) atoms. The zero-order chi connectivity index (χ0) is 18.9. The van der Waals surface area contributed by atoms with Crippen molar-refractivity contribution >= 4 is 5.69 Å². The Kier molecular flexibility index (Phi) is 5.34. The SMILES string of the molecule is COc1ccccc1N1CC[NH+](C2CC[NH+](C[C@@H]3C[C@@H]4C=C[C@H]3C4)CC2)CC1. The highest BCUT2D eigenvalue weighted by atomic mass is 16.5. The van der Waals surface area contributed by atoms with Crippen LogP contribution in [0.3, 0.4) is 0 Å². The van der Waals surface area contributed by atoms with Gasteiger partial charge in [-0.15, -0.1) is 0 Å². The summed E-state index contributed by atoms with van der Waals surface area (Å²) in [6, 6.07) is 9.37. The number of benzene rings is 1. The number of hydrogen-bond acceptors (Lipinski definition) is 2. The van der Waals surface area contributed by atoms with Crippen LogP contribution < -0.4 is 19.4 Å². The molecule has 5 rings (SSSR count). The molecule has 152 valence electrons. The molecule has 1 saturated carbocycles. The molecule has 4 heteroatoms. The first-order valence-corrected chi connectivity index (χ1v) is 11.5. The Morgan fingerprint density at radius 2 is 1.79 bits per heavy atom. The van der Waals surface area contributed by atoms with Crippen molar-refractivity contribution in [1.29, 1.82) is 0 Å². The average Bonchev–Trinajstić information content (AvgIpc) is 3.38. The number of methoxy groups -OCH3 is 1. The van der Waals surface area contributed by atoms with Crippen LogP contribution in [0.5, 0.6) is 5.75 Å². The molecule has 4 aliphatic rings. The second kappa shape index (κ2) is 8.08. The van der Waals surface area contributed by atoms with E-state index in [1.165, 1.54) is 64.1 Å². The quantitative estimate of drug-likeness (QED) is 0.729. The second-order valence-electron chi connectivity index (χ2n) is 9.59. The lowest BCUT2D eigenvalue weighted by Crippen LogP contribution is -3.22. The Bertz CT molecular complexity index is 689. The molecule has 0 amide bonds. The topological polar surface area (TPSA) is 21.4 Å². The molecule has 2 bridgehead atoms. The van der Waals surface area contributed by atoms with E-state index in [1.807, 2.05) is 9.80 Å². The van der Waals surface area contributed by atoms with Crippen LogP contribution in [0.15, 0.2) is 36.4 Å². The lowest BCUT2D eigenvalue weighted by atomic mass is 9.92. The number of nitrogens with one attached hydrogen (secondary N) is 2. The van der Waals surface area contributed by atoms with Crippen LogP contribution in [0.2, 0.25) is 0 Å². The van der Waals surface area contributed by atoms with Gasteiger partial charge < -0.3 is 19.4 Å². The lowest BCUT2D eigenvalue weighted by molar-refractivity contribution is -0.959.